The summed E-state index contributed by atoms with van der Waals surface area (Å²) in [5.41, 5.74) is 0.408. The molecule has 0 bridgehead atoms. The molecule has 118 valence electrons. The van der Waals surface area contributed by atoms with Crippen LogP contribution in [0.2, 0.25) is 10.3 Å². The molecule has 0 aromatic carbocycles. The molecule has 4 nitrogen and oxygen atoms in total. The summed E-state index contributed by atoms with van der Waals surface area (Å²) in [6, 6.07) is 3.22. The SMILES string of the molecule is CCN(CC)CCCN(CC)C(=O)c1ccc(Cl)nc1Cl. The van der Waals surface area contributed by atoms with Crippen molar-refractivity contribution in [3.8, 4) is 0 Å². The standard InChI is InChI=1S/C15H23Cl2N3O/c1-4-19(5-2)10-7-11-20(6-3)15(21)12-8-9-13(16)18-14(12)17/h8-9H,4-7,10-11H2,1-3H3. The van der Waals surface area contributed by atoms with Crippen molar-refractivity contribution < 1.29 is 4.79 Å². The second-order valence-electron chi connectivity index (χ2n) is 4.74. The number of halogens is 2. The summed E-state index contributed by atoms with van der Waals surface area (Å²) in [4.78, 5) is 20.5. The molecule has 0 fully saturated rings. The Morgan fingerprint density at radius 1 is 1.10 bits per heavy atom. The smallest absolute Gasteiger partial charge is 0.256 e. The minimum Gasteiger partial charge on any atom is -0.339 e. The maximum Gasteiger partial charge on any atom is 0.256 e. The van der Waals surface area contributed by atoms with E-state index in [1.54, 1.807) is 17.0 Å². The van der Waals surface area contributed by atoms with Crippen LogP contribution in [0.1, 0.15) is 37.6 Å². The van der Waals surface area contributed by atoms with Gasteiger partial charge in [-0.3, -0.25) is 4.79 Å². The molecular formula is C15H23Cl2N3O. The van der Waals surface area contributed by atoms with Gasteiger partial charge in [-0.1, -0.05) is 37.0 Å². The van der Waals surface area contributed by atoms with Crippen LogP contribution in [0.5, 0.6) is 0 Å². The normalized spacial score (nSPS) is 11.0. The highest BCUT2D eigenvalue weighted by Gasteiger charge is 2.18. The highest BCUT2D eigenvalue weighted by atomic mass is 35.5. The van der Waals surface area contributed by atoms with E-state index in [1.165, 1.54) is 0 Å². The maximum absolute atomic E-state index is 12.5. The predicted octanol–water partition coefficient (Wildman–Crippen LogP) is 3.58. The van der Waals surface area contributed by atoms with E-state index in [0.29, 0.717) is 23.8 Å². The van der Waals surface area contributed by atoms with Crippen molar-refractivity contribution in [3.63, 3.8) is 0 Å². The van der Waals surface area contributed by atoms with Crippen LogP contribution in [-0.2, 0) is 0 Å². The van der Waals surface area contributed by atoms with Gasteiger partial charge in [0.1, 0.15) is 10.3 Å². The lowest BCUT2D eigenvalue weighted by Crippen LogP contribution is -2.34. The van der Waals surface area contributed by atoms with Crippen LogP contribution in [0, 0.1) is 0 Å². The number of rotatable bonds is 8. The second kappa shape index (κ2) is 9.23. The van der Waals surface area contributed by atoms with Crippen molar-refractivity contribution in [1.29, 1.82) is 0 Å². The molecule has 0 aliphatic carbocycles. The Kier molecular flexibility index (Phi) is 8.01. The molecule has 6 heteroatoms. The van der Waals surface area contributed by atoms with Gasteiger partial charge in [-0.15, -0.1) is 0 Å². The fourth-order valence-electron chi connectivity index (χ4n) is 2.17. The lowest BCUT2D eigenvalue weighted by Gasteiger charge is -2.24. The van der Waals surface area contributed by atoms with Crippen LogP contribution in [0.4, 0.5) is 0 Å². The summed E-state index contributed by atoms with van der Waals surface area (Å²) < 4.78 is 0. The van der Waals surface area contributed by atoms with E-state index in [-0.39, 0.29) is 11.1 Å². The van der Waals surface area contributed by atoms with Crippen molar-refractivity contribution in [2.45, 2.75) is 27.2 Å². The van der Waals surface area contributed by atoms with Crippen LogP contribution in [0.15, 0.2) is 12.1 Å². The molecule has 1 aromatic heterocycles. The van der Waals surface area contributed by atoms with Gasteiger partial charge in [0.25, 0.3) is 5.91 Å². The molecular weight excluding hydrogens is 309 g/mol. The quantitative estimate of drug-likeness (QED) is 0.683. The Morgan fingerprint density at radius 2 is 1.76 bits per heavy atom. The summed E-state index contributed by atoms with van der Waals surface area (Å²) in [5, 5.41) is 0.454. The lowest BCUT2D eigenvalue weighted by molar-refractivity contribution is 0.0757. The molecule has 0 aliphatic heterocycles. The van der Waals surface area contributed by atoms with E-state index in [2.05, 4.69) is 23.7 Å². The Morgan fingerprint density at radius 3 is 2.29 bits per heavy atom. The first kappa shape index (κ1) is 18.2. The summed E-state index contributed by atoms with van der Waals surface area (Å²) in [6.45, 7) is 10.7. The van der Waals surface area contributed by atoms with Crippen LogP contribution < -0.4 is 0 Å². The molecule has 21 heavy (non-hydrogen) atoms. The number of carbonyl (C=O) groups excluding carboxylic acids is 1. The molecule has 0 unspecified atom stereocenters. The van der Waals surface area contributed by atoms with Gasteiger partial charge in [-0.05, 0) is 45.1 Å². The first-order valence-electron chi connectivity index (χ1n) is 7.37. The Labute approximate surface area is 137 Å². The monoisotopic (exact) mass is 331 g/mol. The summed E-state index contributed by atoms with van der Waals surface area (Å²) in [6.07, 6.45) is 0.944. The number of aromatic nitrogens is 1. The van der Waals surface area contributed by atoms with Gasteiger partial charge in [-0.2, -0.15) is 0 Å². The van der Waals surface area contributed by atoms with Crippen LogP contribution in [0.3, 0.4) is 0 Å². The number of pyridine rings is 1. The van der Waals surface area contributed by atoms with Crippen molar-refractivity contribution in [1.82, 2.24) is 14.8 Å². The second-order valence-corrected chi connectivity index (χ2v) is 5.48. The molecule has 1 heterocycles. The first-order chi connectivity index (χ1) is 10.0. The van der Waals surface area contributed by atoms with Gasteiger partial charge in [-0.25, -0.2) is 4.98 Å². The summed E-state index contributed by atoms with van der Waals surface area (Å²) in [7, 11) is 0. The molecule has 1 rings (SSSR count). The number of hydrogen-bond donors (Lipinski definition) is 0. The van der Waals surface area contributed by atoms with Gasteiger partial charge in [0.2, 0.25) is 0 Å². The Balaban J connectivity index is 2.64. The fraction of sp³-hybridized carbons (Fsp3) is 0.600. The highest BCUT2D eigenvalue weighted by molar-refractivity contribution is 6.34. The summed E-state index contributed by atoms with van der Waals surface area (Å²) >= 11 is 11.8. The van der Waals surface area contributed by atoms with E-state index >= 15 is 0 Å². The van der Waals surface area contributed by atoms with Gasteiger partial charge < -0.3 is 9.80 Å². The predicted molar refractivity (Wildman–Crippen MR) is 88.2 cm³/mol. The van der Waals surface area contributed by atoms with Gasteiger partial charge >= 0.3 is 0 Å². The number of nitrogens with zero attached hydrogens (tertiary/aromatic N) is 3. The average Bonchev–Trinajstić information content (AvgIpc) is 2.47. The van der Waals surface area contributed by atoms with Crippen LogP contribution in [-0.4, -0.2) is 53.4 Å². The minimum atomic E-state index is -0.0915. The van der Waals surface area contributed by atoms with Crippen molar-refractivity contribution in [2.24, 2.45) is 0 Å². The molecule has 0 atom stereocenters. The highest BCUT2D eigenvalue weighted by Crippen LogP contribution is 2.18. The van der Waals surface area contributed by atoms with Crippen molar-refractivity contribution in [2.75, 3.05) is 32.7 Å². The van der Waals surface area contributed by atoms with E-state index < -0.39 is 0 Å². The van der Waals surface area contributed by atoms with Crippen molar-refractivity contribution in [3.05, 3.63) is 28.0 Å². The van der Waals surface area contributed by atoms with E-state index in [9.17, 15) is 4.79 Å². The van der Waals surface area contributed by atoms with Gasteiger partial charge in [0.15, 0.2) is 0 Å². The maximum atomic E-state index is 12.5. The zero-order valence-electron chi connectivity index (χ0n) is 12.9. The van der Waals surface area contributed by atoms with E-state index in [4.69, 9.17) is 23.2 Å². The van der Waals surface area contributed by atoms with Crippen LogP contribution >= 0.6 is 23.2 Å². The number of carbonyl (C=O) groups is 1. The third-order valence-electron chi connectivity index (χ3n) is 3.51. The van der Waals surface area contributed by atoms with Crippen LogP contribution in [0.25, 0.3) is 0 Å². The summed E-state index contributed by atoms with van der Waals surface area (Å²) in [5.74, 6) is -0.0915. The Hall–Kier alpha value is -0.840. The largest absolute Gasteiger partial charge is 0.339 e. The molecule has 0 saturated heterocycles. The zero-order valence-corrected chi connectivity index (χ0v) is 14.4. The minimum absolute atomic E-state index is 0.0915. The topological polar surface area (TPSA) is 36.4 Å². The molecule has 0 radical (unpaired) electrons. The van der Waals surface area contributed by atoms with Crippen molar-refractivity contribution >= 4 is 29.1 Å². The van der Waals surface area contributed by atoms with Gasteiger partial charge in [0, 0.05) is 13.1 Å². The fourth-order valence-corrected chi connectivity index (χ4v) is 2.60. The molecule has 0 N–H and O–H groups in total. The first-order valence-corrected chi connectivity index (χ1v) is 8.12. The molecule has 0 aliphatic rings. The lowest BCUT2D eigenvalue weighted by atomic mass is 10.2. The third kappa shape index (κ3) is 5.46. The Bertz CT molecular complexity index is 464. The molecule has 0 saturated carbocycles. The average molecular weight is 332 g/mol. The van der Waals surface area contributed by atoms with E-state index in [0.717, 1.165) is 26.1 Å². The van der Waals surface area contributed by atoms with Gasteiger partial charge in [0.05, 0.1) is 5.56 Å². The number of hydrogen-bond acceptors (Lipinski definition) is 3. The third-order valence-corrected chi connectivity index (χ3v) is 4.01. The molecule has 1 aromatic rings. The molecule has 1 amide bonds. The molecule has 0 spiro atoms. The number of amides is 1. The van der Waals surface area contributed by atoms with E-state index in [1.807, 2.05) is 6.92 Å². The zero-order chi connectivity index (χ0) is 15.8.